The molecule has 1 aliphatic rings. The molecule has 1 aromatic heterocycles. The second-order valence-corrected chi connectivity index (χ2v) is 7.40. The highest BCUT2D eigenvalue weighted by molar-refractivity contribution is 5.92. The first kappa shape index (κ1) is 19.2. The third-order valence-corrected chi connectivity index (χ3v) is 5.21. The maximum Gasteiger partial charge on any atom is 0.262 e. The summed E-state index contributed by atoms with van der Waals surface area (Å²) in [5.41, 5.74) is 2.64. The summed E-state index contributed by atoms with van der Waals surface area (Å²) >= 11 is 0. The lowest BCUT2D eigenvalue weighted by Gasteiger charge is -2.10. The van der Waals surface area contributed by atoms with Gasteiger partial charge in [0.15, 0.2) is 6.61 Å². The van der Waals surface area contributed by atoms with E-state index in [0.29, 0.717) is 23.2 Å². The van der Waals surface area contributed by atoms with Crippen LogP contribution >= 0.6 is 0 Å². The van der Waals surface area contributed by atoms with Crippen molar-refractivity contribution in [3.8, 4) is 5.75 Å². The van der Waals surface area contributed by atoms with Gasteiger partial charge in [-0.1, -0.05) is 25.5 Å². The van der Waals surface area contributed by atoms with Gasteiger partial charge < -0.3 is 10.1 Å². The summed E-state index contributed by atoms with van der Waals surface area (Å²) in [5.74, 6) is 1.09. The van der Waals surface area contributed by atoms with E-state index in [-0.39, 0.29) is 18.1 Å². The minimum atomic E-state index is -0.241. The van der Waals surface area contributed by atoms with E-state index >= 15 is 0 Å². The molecule has 3 aromatic rings. The fraction of sp³-hybridized carbons (Fsp3) is 0.348. The molecule has 0 radical (unpaired) electrons. The van der Waals surface area contributed by atoms with E-state index in [1.54, 1.807) is 22.8 Å². The Balaban J connectivity index is 1.39. The molecule has 6 heteroatoms. The number of anilines is 1. The fourth-order valence-electron chi connectivity index (χ4n) is 3.63. The third kappa shape index (κ3) is 4.31. The molecule has 0 fully saturated rings. The number of unbranched alkanes of at least 4 members (excludes halogenated alkanes) is 1. The lowest BCUT2D eigenvalue weighted by Crippen LogP contribution is -2.22. The molecule has 1 amide bonds. The van der Waals surface area contributed by atoms with Gasteiger partial charge >= 0.3 is 0 Å². The predicted octanol–water partition coefficient (Wildman–Crippen LogP) is 3.70. The number of benzene rings is 2. The van der Waals surface area contributed by atoms with Gasteiger partial charge in [-0.25, -0.2) is 4.98 Å². The van der Waals surface area contributed by atoms with Crippen molar-refractivity contribution in [2.75, 3.05) is 11.9 Å². The Morgan fingerprint density at radius 2 is 2.03 bits per heavy atom. The van der Waals surface area contributed by atoms with Crippen molar-refractivity contribution < 1.29 is 9.53 Å². The highest BCUT2D eigenvalue weighted by Gasteiger charge is 2.16. The quantitative estimate of drug-likeness (QED) is 0.666. The Morgan fingerprint density at radius 1 is 1.21 bits per heavy atom. The number of hydrogen-bond acceptors (Lipinski definition) is 4. The first-order valence-electron chi connectivity index (χ1n) is 10.2. The van der Waals surface area contributed by atoms with E-state index in [4.69, 9.17) is 4.74 Å². The molecule has 29 heavy (non-hydrogen) atoms. The number of carbonyl (C=O) groups excluding carboxylic acids is 1. The van der Waals surface area contributed by atoms with Gasteiger partial charge in [0.2, 0.25) is 0 Å². The summed E-state index contributed by atoms with van der Waals surface area (Å²) in [6, 6.07) is 13.1. The molecule has 0 atom stereocenters. The monoisotopic (exact) mass is 391 g/mol. The van der Waals surface area contributed by atoms with E-state index in [1.165, 1.54) is 5.56 Å². The topological polar surface area (TPSA) is 73.2 Å². The third-order valence-electron chi connectivity index (χ3n) is 5.21. The number of fused-ring (bicyclic) bond motifs is 2. The Bertz CT molecular complexity index is 1090. The molecule has 0 unspecified atom stereocenters. The van der Waals surface area contributed by atoms with Crippen LogP contribution in [0.1, 0.15) is 37.6 Å². The lowest BCUT2D eigenvalue weighted by molar-refractivity contribution is -0.118. The largest absolute Gasteiger partial charge is 0.484 e. The first-order valence-corrected chi connectivity index (χ1v) is 10.2. The summed E-state index contributed by atoms with van der Waals surface area (Å²) in [5, 5.41) is 3.36. The van der Waals surface area contributed by atoms with Gasteiger partial charge in [-0.3, -0.25) is 14.2 Å². The summed E-state index contributed by atoms with van der Waals surface area (Å²) in [4.78, 5) is 29.4. The van der Waals surface area contributed by atoms with Crippen molar-refractivity contribution in [1.82, 2.24) is 9.55 Å². The number of amides is 1. The van der Waals surface area contributed by atoms with E-state index in [1.807, 2.05) is 24.3 Å². The van der Waals surface area contributed by atoms with Crippen molar-refractivity contribution >= 4 is 22.5 Å². The van der Waals surface area contributed by atoms with Crippen LogP contribution in [-0.2, 0) is 24.2 Å². The molecule has 0 aliphatic carbocycles. The zero-order chi connectivity index (χ0) is 20.2. The number of carbonyl (C=O) groups is 1. The second-order valence-electron chi connectivity index (χ2n) is 7.40. The highest BCUT2D eigenvalue weighted by Crippen LogP contribution is 2.20. The van der Waals surface area contributed by atoms with Crippen LogP contribution in [0.4, 0.5) is 5.69 Å². The molecule has 0 saturated carbocycles. The molecule has 4 rings (SSSR count). The zero-order valence-corrected chi connectivity index (χ0v) is 16.6. The minimum Gasteiger partial charge on any atom is -0.484 e. The van der Waals surface area contributed by atoms with Gasteiger partial charge in [-0.15, -0.1) is 0 Å². The lowest BCUT2D eigenvalue weighted by atomic mass is 10.1. The van der Waals surface area contributed by atoms with Crippen molar-refractivity contribution in [2.45, 2.75) is 45.6 Å². The summed E-state index contributed by atoms with van der Waals surface area (Å²) < 4.78 is 7.34. The number of ether oxygens (including phenoxy) is 1. The summed E-state index contributed by atoms with van der Waals surface area (Å²) in [6.07, 6.45) is 5.15. The first-order chi connectivity index (χ1) is 14.1. The van der Waals surface area contributed by atoms with Crippen LogP contribution in [-0.4, -0.2) is 22.1 Å². The van der Waals surface area contributed by atoms with Crippen LogP contribution in [0.3, 0.4) is 0 Å². The Kier molecular flexibility index (Phi) is 5.60. The number of aromatic nitrogens is 2. The van der Waals surface area contributed by atoms with Crippen LogP contribution in [0, 0.1) is 0 Å². The molecule has 1 N–H and O–H groups in total. The van der Waals surface area contributed by atoms with Crippen molar-refractivity contribution in [1.29, 1.82) is 0 Å². The molecule has 6 nitrogen and oxygen atoms in total. The number of nitrogens with one attached hydrogen (secondary N) is 1. The molecular formula is C23H25N3O3. The highest BCUT2D eigenvalue weighted by atomic mass is 16.5. The Morgan fingerprint density at radius 3 is 2.83 bits per heavy atom. The number of aryl methyl sites for hydroxylation is 2. The van der Waals surface area contributed by atoms with Gasteiger partial charge in [0.05, 0.1) is 10.9 Å². The minimum absolute atomic E-state index is 0.0411. The number of nitrogens with zero attached hydrogens (tertiary/aromatic N) is 2. The van der Waals surface area contributed by atoms with Crippen LogP contribution in [0.5, 0.6) is 5.75 Å². The molecule has 0 saturated heterocycles. The zero-order valence-electron chi connectivity index (χ0n) is 16.6. The Hall–Kier alpha value is -3.15. The molecule has 2 aromatic carbocycles. The molecule has 1 aliphatic heterocycles. The molecule has 150 valence electrons. The summed E-state index contributed by atoms with van der Waals surface area (Å²) in [7, 11) is 0. The van der Waals surface area contributed by atoms with E-state index in [2.05, 4.69) is 17.2 Å². The normalized spacial score (nSPS) is 12.7. The number of hydrogen-bond donors (Lipinski definition) is 1. The van der Waals surface area contributed by atoms with Crippen molar-refractivity contribution in [3.05, 3.63) is 64.2 Å². The molecule has 2 heterocycles. The van der Waals surface area contributed by atoms with Crippen LogP contribution in [0.2, 0.25) is 0 Å². The molecule has 0 spiro atoms. The average Bonchev–Trinajstić information content (AvgIpc) is 3.21. The smallest absolute Gasteiger partial charge is 0.262 e. The molecule has 0 bridgehead atoms. The fourth-order valence-corrected chi connectivity index (χ4v) is 3.63. The van der Waals surface area contributed by atoms with Crippen molar-refractivity contribution in [2.24, 2.45) is 0 Å². The van der Waals surface area contributed by atoms with Crippen molar-refractivity contribution in [3.63, 3.8) is 0 Å². The van der Waals surface area contributed by atoms with E-state index in [0.717, 1.165) is 43.6 Å². The standard InChI is InChI=1S/C23H25N3O3/c1-2-3-5-16-7-9-17(10-8-16)24-22(27)15-29-18-11-12-20-19(14-18)23(28)26-13-4-6-21(26)25-20/h7-12,14H,2-6,13,15H2,1H3,(H,24,27). The predicted molar refractivity (Wildman–Crippen MR) is 114 cm³/mol. The maximum atomic E-state index is 12.6. The average molecular weight is 391 g/mol. The van der Waals surface area contributed by atoms with Gasteiger partial charge in [-0.05, 0) is 55.2 Å². The van der Waals surface area contributed by atoms with Gasteiger partial charge in [0.1, 0.15) is 11.6 Å². The number of rotatable bonds is 7. The second kappa shape index (κ2) is 8.47. The van der Waals surface area contributed by atoms with Crippen LogP contribution < -0.4 is 15.6 Å². The van der Waals surface area contributed by atoms with Crippen LogP contribution in [0.25, 0.3) is 10.9 Å². The molecular weight excluding hydrogens is 366 g/mol. The Labute approximate surface area is 169 Å². The maximum absolute atomic E-state index is 12.6. The van der Waals surface area contributed by atoms with Gasteiger partial charge in [0, 0.05) is 18.7 Å². The SMILES string of the molecule is CCCCc1ccc(NC(=O)COc2ccc3nc4n(c(=O)c3c2)CCC4)cc1. The van der Waals surface area contributed by atoms with Crippen LogP contribution in [0.15, 0.2) is 47.3 Å². The van der Waals surface area contributed by atoms with Gasteiger partial charge in [-0.2, -0.15) is 0 Å². The van der Waals surface area contributed by atoms with E-state index in [9.17, 15) is 9.59 Å². The van der Waals surface area contributed by atoms with Gasteiger partial charge in [0.25, 0.3) is 11.5 Å². The summed E-state index contributed by atoms with van der Waals surface area (Å²) in [6.45, 7) is 2.76. The van der Waals surface area contributed by atoms with E-state index < -0.39 is 0 Å².